The molecule has 0 aliphatic rings. The van der Waals surface area contributed by atoms with Crippen molar-refractivity contribution in [3.8, 4) is 0 Å². The zero-order valence-electron chi connectivity index (χ0n) is 13.6. The molecule has 0 aromatic heterocycles. The Hall–Kier alpha value is -1.40. The monoisotopic (exact) mass is 369 g/mol. The number of amides is 2. The number of carbonyl (C=O) groups is 2. The van der Waals surface area contributed by atoms with E-state index in [9.17, 15) is 9.59 Å². The van der Waals surface area contributed by atoms with E-state index in [-0.39, 0.29) is 18.4 Å². The van der Waals surface area contributed by atoms with Crippen LogP contribution in [-0.2, 0) is 9.59 Å². The van der Waals surface area contributed by atoms with E-state index in [1.165, 1.54) is 6.92 Å². The summed E-state index contributed by atoms with van der Waals surface area (Å²) in [6.45, 7) is 5.01. The van der Waals surface area contributed by atoms with E-state index in [2.05, 4.69) is 26.1 Å². The molecule has 122 valence electrons. The van der Waals surface area contributed by atoms with Crippen molar-refractivity contribution in [1.82, 2.24) is 9.80 Å². The summed E-state index contributed by atoms with van der Waals surface area (Å²) in [5, 5.41) is 2.83. The van der Waals surface area contributed by atoms with Gasteiger partial charge in [0.1, 0.15) is 0 Å². The van der Waals surface area contributed by atoms with Gasteiger partial charge in [0.2, 0.25) is 11.8 Å². The van der Waals surface area contributed by atoms with Crippen LogP contribution < -0.4 is 5.32 Å². The number of nitrogens with zero attached hydrogens (tertiary/aromatic N) is 2. The topological polar surface area (TPSA) is 52.7 Å². The Morgan fingerprint density at radius 1 is 1.23 bits per heavy atom. The molecule has 0 spiro atoms. The first kappa shape index (κ1) is 18.6. The number of nitrogens with one attached hydrogen (secondary N) is 1. The van der Waals surface area contributed by atoms with E-state index >= 15 is 0 Å². The van der Waals surface area contributed by atoms with Crippen molar-refractivity contribution in [3.63, 3.8) is 0 Å². The lowest BCUT2D eigenvalue weighted by atomic mass is 10.2. The molecule has 0 radical (unpaired) electrons. The van der Waals surface area contributed by atoms with E-state index in [1.54, 1.807) is 4.90 Å². The molecule has 0 bridgehead atoms. The predicted octanol–water partition coefficient (Wildman–Crippen LogP) is 2.50. The minimum atomic E-state index is -0.190. The van der Waals surface area contributed by atoms with Crippen LogP contribution in [0.4, 0.5) is 5.69 Å². The van der Waals surface area contributed by atoms with Crippen LogP contribution in [0, 0.1) is 6.92 Å². The molecule has 1 rings (SSSR count). The number of hydrogen-bond acceptors (Lipinski definition) is 3. The van der Waals surface area contributed by atoms with E-state index < -0.39 is 0 Å². The summed E-state index contributed by atoms with van der Waals surface area (Å²) in [6, 6.07) is 5.72. The number of rotatable bonds is 7. The molecule has 0 fully saturated rings. The number of carbonyl (C=O) groups excluding carboxylic acids is 2. The first-order valence-corrected chi connectivity index (χ1v) is 8.05. The second kappa shape index (κ2) is 8.90. The van der Waals surface area contributed by atoms with Crippen LogP contribution in [-0.4, -0.2) is 55.3 Å². The van der Waals surface area contributed by atoms with Crippen LogP contribution in [0.15, 0.2) is 22.7 Å². The Balaban J connectivity index is 2.57. The van der Waals surface area contributed by atoms with E-state index in [4.69, 9.17) is 0 Å². The fourth-order valence-electron chi connectivity index (χ4n) is 2.01. The van der Waals surface area contributed by atoms with Gasteiger partial charge < -0.3 is 15.1 Å². The van der Waals surface area contributed by atoms with Gasteiger partial charge in [0.25, 0.3) is 0 Å². The smallest absolute Gasteiger partial charge is 0.244 e. The van der Waals surface area contributed by atoms with Gasteiger partial charge in [-0.3, -0.25) is 9.59 Å². The Labute approximate surface area is 140 Å². The summed E-state index contributed by atoms with van der Waals surface area (Å²) in [5.74, 6) is -0.276. The lowest BCUT2D eigenvalue weighted by Gasteiger charge is -2.21. The fraction of sp³-hybridized carbons (Fsp3) is 0.500. The van der Waals surface area contributed by atoms with E-state index in [1.807, 2.05) is 39.2 Å². The third kappa shape index (κ3) is 6.58. The highest BCUT2D eigenvalue weighted by Gasteiger charge is 2.14. The van der Waals surface area contributed by atoms with Gasteiger partial charge >= 0.3 is 0 Å². The predicted molar refractivity (Wildman–Crippen MR) is 92.9 cm³/mol. The highest BCUT2D eigenvalue weighted by molar-refractivity contribution is 9.10. The molecule has 0 saturated heterocycles. The van der Waals surface area contributed by atoms with Gasteiger partial charge in [-0.1, -0.05) is 6.07 Å². The fourth-order valence-corrected chi connectivity index (χ4v) is 2.60. The third-order valence-electron chi connectivity index (χ3n) is 3.21. The molecule has 22 heavy (non-hydrogen) atoms. The normalized spacial score (nSPS) is 10.6. The first-order valence-electron chi connectivity index (χ1n) is 7.26. The van der Waals surface area contributed by atoms with Crippen molar-refractivity contribution < 1.29 is 9.59 Å². The van der Waals surface area contributed by atoms with Gasteiger partial charge in [-0.15, -0.1) is 0 Å². The van der Waals surface area contributed by atoms with Crippen LogP contribution in [0.25, 0.3) is 0 Å². The molecular weight excluding hydrogens is 346 g/mol. The summed E-state index contributed by atoms with van der Waals surface area (Å²) in [7, 11) is 3.97. The zero-order valence-corrected chi connectivity index (χ0v) is 15.2. The average molecular weight is 370 g/mol. The number of hydrogen-bond donors (Lipinski definition) is 1. The second-order valence-electron chi connectivity index (χ2n) is 5.63. The molecule has 0 aliphatic carbocycles. The lowest BCUT2D eigenvalue weighted by molar-refractivity contribution is -0.132. The second-order valence-corrected chi connectivity index (χ2v) is 6.48. The largest absolute Gasteiger partial charge is 0.334 e. The first-order chi connectivity index (χ1) is 10.3. The number of halogens is 1. The minimum Gasteiger partial charge on any atom is -0.334 e. The number of aryl methyl sites for hydroxylation is 1. The van der Waals surface area contributed by atoms with Crippen molar-refractivity contribution in [1.29, 1.82) is 0 Å². The molecule has 0 unspecified atom stereocenters. The summed E-state index contributed by atoms with van der Waals surface area (Å²) < 4.78 is 0.836. The molecule has 1 aromatic carbocycles. The van der Waals surface area contributed by atoms with Crippen LogP contribution in [0.2, 0.25) is 0 Å². The summed E-state index contributed by atoms with van der Waals surface area (Å²) in [5.41, 5.74) is 1.83. The Morgan fingerprint density at radius 3 is 2.45 bits per heavy atom. The third-order valence-corrected chi connectivity index (χ3v) is 3.87. The molecule has 1 N–H and O–H groups in total. The van der Waals surface area contributed by atoms with E-state index in [0.717, 1.165) is 23.0 Å². The Morgan fingerprint density at radius 2 is 1.91 bits per heavy atom. The van der Waals surface area contributed by atoms with Gasteiger partial charge in [0.05, 0.1) is 12.2 Å². The SMILES string of the molecule is CC(=O)N(CCCN(C)C)CC(=O)Nc1ccc(C)cc1Br. The lowest BCUT2D eigenvalue weighted by Crippen LogP contribution is -2.38. The summed E-state index contributed by atoms with van der Waals surface area (Å²) in [4.78, 5) is 27.4. The van der Waals surface area contributed by atoms with Crippen molar-refractivity contribution >= 4 is 33.4 Å². The molecule has 2 amide bonds. The van der Waals surface area contributed by atoms with Crippen LogP contribution in [0.5, 0.6) is 0 Å². The maximum Gasteiger partial charge on any atom is 0.244 e. The Bertz CT molecular complexity index is 532. The van der Waals surface area contributed by atoms with Gasteiger partial charge in [0, 0.05) is 17.9 Å². The molecule has 0 aliphatic heterocycles. The molecule has 0 saturated carbocycles. The van der Waals surface area contributed by atoms with Crippen molar-refractivity contribution in [3.05, 3.63) is 28.2 Å². The van der Waals surface area contributed by atoms with Crippen LogP contribution in [0.3, 0.4) is 0 Å². The highest BCUT2D eigenvalue weighted by atomic mass is 79.9. The highest BCUT2D eigenvalue weighted by Crippen LogP contribution is 2.23. The number of benzene rings is 1. The van der Waals surface area contributed by atoms with Gasteiger partial charge in [-0.05, 0) is 67.6 Å². The average Bonchev–Trinajstić information content (AvgIpc) is 2.40. The zero-order chi connectivity index (χ0) is 16.7. The maximum absolute atomic E-state index is 12.1. The van der Waals surface area contributed by atoms with Crippen LogP contribution in [0.1, 0.15) is 18.9 Å². The van der Waals surface area contributed by atoms with Gasteiger partial charge in [-0.2, -0.15) is 0 Å². The molecular formula is C16H24BrN3O2. The summed E-state index contributed by atoms with van der Waals surface area (Å²) >= 11 is 3.43. The Kier molecular flexibility index (Phi) is 7.55. The standard InChI is InChI=1S/C16H24BrN3O2/c1-12-6-7-15(14(17)10-12)18-16(22)11-20(13(2)21)9-5-8-19(3)4/h6-7,10H,5,8-9,11H2,1-4H3,(H,18,22). The number of anilines is 1. The van der Waals surface area contributed by atoms with E-state index in [0.29, 0.717) is 12.2 Å². The van der Waals surface area contributed by atoms with Gasteiger partial charge in [-0.25, -0.2) is 0 Å². The maximum atomic E-state index is 12.1. The quantitative estimate of drug-likeness (QED) is 0.803. The van der Waals surface area contributed by atoms with Crippen molar-refractivity contribution in [2.45, 2.75) is 20.3 Å². The molecule has 1 aromatic rings. The summed E-state index contributed by atoms with van der Waals surface area (Å²) in [6.07, 6.45) is 0.841. The van der Waals surface area contributed by atoms with Crippen molar-refractivity contribution in [2.24, 2.45) is 0 Å². The van der Waals surface area contributed by atoms with Gasteiger partial charge in [0.15, 0.2) is 0 Å². The molecule has 5 nitrogen and oxygen atoms in total. The van der Waals surface area contributed by atoms with Crippen molar-refractivity contribution in [2.75, 3.05) is 39.0 Å². The molecule has 0 heterocycles. The van der Waals surface area contributed by atoms with Crippen LogP contribution >= 0.6 is 15.9 Å². The molecule has 6 heteroatoms. The molecule has 0 atom stereocenters. The minimum absolute atomic E-state index is 0.0725.